The zero-order valence-electron chi connectivity index (χ0n) is 9.30. The fourth-order valence-corrected chi connectivity index (χ4v) is 0.903. The van der Waals surface area contributed by atoms with Gasteiger partial charge >= 0.3 is 0 Å². The van der Waals surface area contributed by atoms with Crippen LogP contribution >= 0.6 is 0 Å². The number of ether oxygens (including phenoxy) is 2. The lowest BCUT2D eigenvalue weighted by atomic mass is 10.2. The fraction of sp³-hybridized carbons (Fsp3) is 1.00. The van der Waals surface area contributed by atoms with Gasteiger partial charge in [-0.1, -0.05) is 6.92 Å². The van der Waals surface area contributed by atoms with Crippen molar-refractivity contribution in [1.82, 2.24) is 5.32 Å². The maximum Gasteiger partial charge on any atom is 0.0704 e. The van der Waals surface area contributed by atoms with Crippen LogP contribution in [0.25, 0.3) is 0 Å². The molecule has 0 bridgehead atoms. The van der Waals surface area contributed by atoms with Gasteiger partial charge < -0.3 is 14.8 Å². The minimum Gasteiger partial charge on any atom is -0.382 e. The third kappa shape index (κ3) is 8.22. The standard InChI is InChI=1S/C10H23NO2/c1-5-9(2)11-8-10(3)13-7-6-12-4/h9-11H,5-8H2,1-4H3. The van der Waals surface area contributed by atoms with Gasteiger partial charge in [-0.2, -0.15) is 0 Å². The van der Waals surface area contributed by atoms with E-state index in [-0.39, 0.29) is 6.10 Å². The Hall–Kier alpha value is -0.120. The Morgan fingerprint density at radius 1 is 1.23 bits per heavy atom. The molecule has 0 aliphatic rings. The smallest absolute Gasteiger partial charge is 0.0704 e. The maximum absolute atomic E-state index is 5.49. The summed E-state index contributed by atoms with van der Waals surface area (Å²) in [5, 5.41) is 3.39. The zero-order chi connectivity index (χ0) is 10.1. The van der Waals surface area contributed by atoms with Gasteiger partial charge in [-0.3, -0.25) is 0 Å². The molecule has 0 fully saturated rings. The molecule has 0 saturated carbocycles. The van der Waals surface area contributed by atoms with Gasteiger partial charge in [-0.15, -0.1) is 0 Å². The first-order chi connectivity index (χ1) is 6.20. The van der Waals surface area contributed by atoms with Crippen molar-refractivity contribution in [2.45, 2.75) is 39.3 Å². The lowest BCUT2D eigenvalue weighted by Gasteiger charge is -2.16. The van der Waals surface area contributed by atoms with Crippen LogP contribution in [0.1, 0.15) is 27.2 Å². The summed E-state index contributed by atoms with van der Waals surface area (Å²) in [5.41, 5.74) is 0. The summed E-state index contributed by atoms with van der Waals surface area (Å²) in [5.74, 6) is 0. The van der Waals surface area contributed by atoms with Crippen molar-refractivity contribution in [3.63, 3.8) is 0 Å². The molecule has 0 aromatic heterocycles. The molecule has 2 atom stereocenters. The van der Waals surface area contributed by atoms with Crippen LogP contribution in [-0.2, 0) is 9.47 Å². The van der Waals surface area contributed by atoms with E-state index in [9.17, 15) is 0 Å². The maximum atomic E-state index is 5.49. The number of hydrogen-bond donors (Lipinski definition) is 1. The van der Waals surface area contributed by atoms with Crippen LogP contribution in [0.3, 0.4) is 0 Å². The van der Waals surface area contributed by atoms with E-state index < -0.39 is 0 Å². The van der Waals surface area contributed by atoms with E-state index in [2.05, 4.69) is 26.1 Å². The summed E-state index contributed by atoms with van der Waals surface area (Å²) in [6.07, 6.45) is 1.43. The molecule has 0 saturated heterocycles. The number of methoxy groups -OCH3 is 1. The summed E-state index contributed by atoms with van der Waals surface area (Å²) in [6, 6.07) is 0.577. The van der Waals surface area contributed by atoms with E-state index in [1.165, 1.54) is 0 Å². The van der Waals surface area contributed by atoms with Crippen LogP contribution in [-0.4, -0.2) is 39.0 Å². The average molecular weight is 189 g/mol. The lowest BCUT2D eigenvalue weighted by Crippen LogP contribution is -2.33. The van der Waals surface area contributed by atoms with Crippen molar-refractivity contribution >= 4 is 0 Å². The van der Waals surface area contributed by atoms with Crippen LogP contribution < -0.4 is 5.32 Å². The summed E-state index contributed by atoms with van der Waals surface area (Å²) < 4.78 is 10.4. The summed E-state index contributed by atoms with van der Waals surface area (Å²) in [7, 11) is 1.69. The molecule has 0 amide bonds. The highest BCUT2D eigenvalue weighted by atomic mass is 16.5. The number of nitrogens with one attached hydrogen (secondary N) is 1. The highest BCUT2D eigenvalue weighted by molar-refractivity contribution is 4.61. The summed E-state index contributed by atoms with van der Waals surface area (Å²) >= 11 is 0. The Labute approximate surface area is 81.8 Å². The van der Waals surface area contributed by atoms with E-state index in [1.54, 1.807) is 7.11 Å². The minimum atomic E-state index is 0.268. The molecule has 2 unspecified atom stereocenters. The lowest BCUT2D eigenvalue weighted by molar-refractivity contribution is 0.0257. The van der Waals surface area contributed by atoms with Crippen LogP contribution in [0.2, 0.25) is 0 Å². The molecule has 0 radical (unpaired) electrons. The molecule has 0 rings (SSSR count). The predicted octanol–water partition coefficient (Wildman–Crippen LogP) is 1.43. The van der Waals surface area contributed by atoms with Crippen molar-refractivity contribution in [3.8, 4) is 0 Å². The molecule has 0 aromatic rings. The van der Waals surface area contributed by atoms with Gasteiger partial charge in [-0.05, 0) is 20.3 Å². The molecule has 0 spiro atoms. The largest absolute Gasteiger partial charge is 0.382 e. The molecular formula is C10H23NO2. The Kier molecular flexibility index (Phi) is 8.40. The molecule has 0 aliphatic heterocycles. The Morgan fingerprint density at radius 3 is 2.46 bits per heavy atom. The molecule has 0 heterocycles. The Bertz CT molecular complexity index is 109. The van der Waals surface area contributed by atoms with Crippen LogP contribution in [0.5, 0.6) is 0 Å². The quantitative estimate of drug-likeness (QED) is 0.586. The predicted molar refractivity (Wildman–Crippen MR) is 55.0 cm³/mol. The molecule has 3 nitrogen and oxygen atoms in total. The van der Waals surface area contributed by atoms with Gasteiger partial charge in [0.1, 0.15) is 0 Å². The van der Waals surface area contributed by atoms with Gasteiger partial charge in [0.15, 0.2) is 0 Å². The third-order valence-electron chi connectivity index (χ3n) is 2.06. The van der Waals surface area contributed by atoms with Crippen molar-refractivity contribution in [1.29, 1.82) is 0 Å². The highest BCUT2D eigenvalue weighted by Crippen LogP contribution is 1.92. The summed E-state index contributed by atoms with van der Waals surface area (Å²) in [4.78, 5) is 0. The molecule has 1 N–H and O–H groups in total. The van der Waals surface area contributed by atoms with E-state index in [0.717, 1.165) is 13.0 Å². The van der Waals surface area contributed by atoms with E-state index in [1.807, 2.05) is 0 Å². The molecule has 80 valence electrons. The highest BCUT2D eigenvalue weighted by Gasteiger charge is 2.03. The monoisotopic (exact) mass is 189 g/mol. The van der Waals surface area contributed by atoms with Gasteiger partial charge in [-0.25, -0.2) is 0 Å². The van der Waals surface area contributed by atoms with Crippen LogP contribution in [0.4, 0.5) is 0 Å². The summed E-state index contributed by atoms with van der Waals surface area (Å²) in [6.45, 7) is 8.70. The molecule has 3 heteroatoms. The topological polar surface area (TPSA) is 30.5 Å². The number of hydrogen-bond acceptors (Lipinski definition) is 3. The van der Waals surface area contributed by atoms with Crippen molar-refractivity contribution < 1.29 is 9.47 Å². The third-order valence-corrected chi connectivity index (χ3v) is 2.06. The first kappa shape index (κ1) is 12.9. The van der Waals surface area contributed by atoms with Crippen molar-refractivity contribution in [2.24, 2.45) is 0 Å². The second-order valence-electron chi connectivity index (χ2n) is 3.39. The van der Waals surface area contributed by atoms with Gasteiger partial charge in [0.2, 0.25) is 0 Å². The Morgan fingerprint density at radius 2 is 1.92 bits per heavy atom. The first-order valence-corrected chi connectivity index (χ1v) is 5.04. The molecule has 13 heavy (non-hydrogen) atoms. The normalized spacial score (nSPS) is 15.7. The second kappa shape index (κ2) is 8.48. The molecule has 0 aliphatic carbocycles. The Balaban J connectivity index is 3.24. The van der Waals surface area contributed by atoms with Gasteiger partial charge in [0, 0.05) is 19.7 Å². The van der Waals surface area contributed by atoms with Crippen LogP contribution in [0.15, 0.2) is 0 Å². The van der Waals surface area contributed by atoms with E-state index >= 15 is 0 Å². The first-order valence-electron chi connectivity index (χ1n) is 5.04. The van der Waals surface area contributed by atoms with Crippen molar-refractivity contribution in [3.05, 3.63) is 0 Å². The SMILES string of the molecule is CCC(C)NCC(C)OCCOC. The minimum absolute atomic E-state index is 0.268. The van der Waals surface area contributed by atoms with Crippen LogP contribution in [0, 0.1) is 0 Å². The average Bonchev–Trinajstić information content (AvgIpc) is 2.14. The molecular weight excluding hydrogens is 166 g/mol. The van der Waals surface area contributed by atoms with Crippen molar-refractivity contribution in [2.75, 3.05) is 26.9 Å². The molecule has 0 aromatic carbocycles. The van der Waals surface area contributed by atoms with Gasteiger partial charge in [0.05, 0.1) is 19.3 Å². The van der Waals surface area contributed by atoms with Gasteiger partial charge in [0.25, 0.3) is 0 Å². The van der Waals surface area contributed by atoms with E-state index in [4.69, 9.17) is 9.47 Å². The zero-order valence-corrected chi connectivity index (χ0v) is 9.30. The van der Waals surface area contributed by atoms with E-state index in [0.29, 0.717) is 19.3 Å². The fourth-order valence-electron chi connectivity index (χ4n) is 0.903. The number of rotatable bonds is 8. The second-order valence-corrected chi connectivity index (χ2v) is 3.39.